The molecular formula is C30H33N2STe+. The van der Waals surface area contributed by atoms with Gasteiger partial charge in [-0.05, 0) is 0 Å². The van der Waals surface area contributed by atoms with Crippen molar-refractivity contribution in [1.82, 2.24) is 4.98 Å². The van der Waals surface area contributed by atoms with Crippen molar-refractivity contribution in [1.29, 1.82) is 0 Å². The van der Waals surface area contributed by atoms with Gasteiger partial charge in [0.25, 0.3) is 0 Å². The average Bonchev–Trinajstić information content (AvgIpc) is 3.12. The SMILES string of the molecule is Cc1c(-c2c3sc4c([Te]C(C)(C)C)cccc4c3nc[n+]2C)cc(C(C)(C)C)c2ccccc12. The normalized spacial score (nSPS) is 12.8. The van der Waals surface area contributed by atoms with Crippen LogP contribution in [-0.2, 0) is 12.5 Å². The molecule has 0 radical (unpaired) electrons. The fourth-order valence-corrected chi connectivity index (χ4v) is 9.61. The summed E-state index contributed by atoms with van der Waals surface area (Å²) in [7, 11) is 2.14. The second-order valence-electron chi connectivity index (χ2n) is 11.2. The van der Waals surface area contributed by atoms with Crippen LogP contribution in [0.25, 0.3) is 42.3 Å². The first kappa shape index (κ1) is 23.7. The topological polar surface area (TPSA) is 16.8 Å². The van der Waals surface area contributed by atoms with Gasteiger partial charge in [0.1, 0.15) is 0 Å². The molecule has 2 aromatic heterocycles. The zero-order valence-electron chi connectivity index (χ0n) is 21.4. The minimum atomic E-state index is -0.317. The molecule has 0 spiro atoms. The number of nitrogens with zero attached hydrogens (tertiary/aromatic N) is 2. The molecule has 0 amide bonds. The van der Waals surface area contributed by atoms with E-state index in [0.717, 1.165) is 5.52 Å². The molecule has 5 rings (SSSR count). The van der Waals surface area contributed by atoms with Gasteiger partial charge in [-0.1, -0.05) is 0 Å². The van der Waals surface area contributed by atoms with Crippen LogP contribution < -0.4 is 8.18 Å². The molecule has 0 N–H and O–H groups in total. The molecule has 5 aromatic rings. The fourth-order valence-electron chi connectivity index (χ4n) is 4.84. The molecule has 2 nitrogen and oxygen atoms in total. The Balaban J connectivity index is 1.88. The van der Waals surface area contributed by atoms with Crippen LogP contribution in [0.2, 0.25) is 3.46 Å². The Bertz CT molecular complexity index is 1570. The number of hydrogen-bond donors (Lipinski definition) is 0. The van der Waals surface area contributed by atoms with Crippen LogP contribution in [0.3, 0.4) is 0 Å². The molecule has 3 aromatic carbocycles. The molecule has 0 atom stereocenters. The standard InChI is InChI=1S/C30H33N2STe/c1-18-19-12-9-10-13-20(19)23(29(2,3)4)16-22(18)26-28-25(31-17-32(26)8)21-14-11-15-24(27(21)33-28)34-30(5,6)7/h9-17H,1-8H3/q+1. The Morgan fingerprint density at radius 2 is 1.53 bits per heavy atom. The van der Waals surface area contributed by atoms with Crippen molar-refractivity contribution < 1.29 is 4.57 Å². The molecule has 0 unspecified atom stereocenters. The summed E-state index contributed by atoms with van der Waals surface area (Å²) in [6, 6.07) is 18.2. The number of benzene rings is 3. The molecule has 174 valence electrons. The Morgan fingerprint density at radius 3 is 2.21 bits per heavy atom. The summed E-state index contributed by atoms with van der Waals surface area (Å²) in [4.78, 5) is 4.94. The van der Waals surface area contributed by atoms with Crippen LogP contribution in [0, 0.1) is 6.92 Å². The van der Waals surface area contributed by atoms with Crippen molar-refractivity contribution in [3.8, 4) is 11.3 Å². The van der Waals surface area contributed by atoms with Crippen molar-refractivity contribution in [3.05, 3.63) is 66.0 Å². The fraction of sp³-hybridized carbons (Fsp3) is 0.333. The van der Waals surface area contributed by atoms with Gasteiger partial charge in [-0.2, -0.15) is 0 Å². The summed E-state index contributed by atoms with van der Waals surface area (Å²) in [6.07, 6.45) is 2.00. The van der Waals surface area contributed by atoms with Gasteiger partial charge < -0.3 is 0 Å². The predicted octanol–water partition coefficient (Wildman–Crippen LogP) is 7.25. The van der Waals surface area contributed by atoms with Crippen LogP contribution in [0.5, 0.6) is 0 Å². The monoisotopic (exact) mass is 583 g/mol. The Kier molecular flexibility index (Phi) is 5.79. The van der Waals surface area contributed by atoms with E-state index in [1.165, 1.54) is 47.9 Å². The molecule has 2 heterocycles. The number of aryl methyl sites for hydroxylation is 2. The third-order valence-electron chi connectivity index (χ3n) is 6.37. The van der Waals surface area contributed by atoms with Crippen molar-refractivity contribution in [2.45, 2.75) is 57.3 Å². The maximum absolute atomic E-state index is 4.94. The van der Waals surface area contributed by atoms with E-state index in [4.69, 9.17) is 4.98 Å². The molecule has 4 heteroatoms. The van der Waals surface area contributed by atoms with Gasteiger partial charge in [0, 0.05) is 0 Å². The van der Waals surface area contributed by atoms with Crippen LogP contribution in [0.1, 0.15) is 52.7 Å². The number of rotatable bonds is 2. The van der Waals surface area contributed by atoms with E-state index in [1.807, 2.05) is 17.7 Å². The molecule has 0 bridgehead atoms. The second-order valence-corrected chi connectivity index (χ2v) is 17.6. The quantitative estimate of drug-likeness (QED) is 0.159. The van der Waals surface area contributed by atoms with E-state index < -0.39 is 0 Å². The molecular weight excluding hydrogens is 548 g/mol. The zero-order chi connectivity index (χ0) is 24.4. The third-order valence-corrected chi connectivity index (χ3v) is 11.4. The van der Waals surface area contributed by atoms with Gasteiger partial charge in [-0.3, -0.25) is 0 Å². The average molecular weight is 581 g/mol. The van der Waals surface area contributed by atoms with Crippen LogP contribution in [0.4, 0.5) is 0 Å². The van der Waals surface area contributed by atoms with Gasteiger partial charge in [-0.15, -0.1) is 0 Å². The maximum atomic E-state index is 4.94. The van der Waals surface area contributed by atoms with E-state index >= 15 is 0 Å². The number of thiophene rings is 1. The number of fused-ring (bicyclic) bond motifs is 4. The third kappa shape index (κ3) is 4.05. The molecule has 34 heavy (non-hydrogen) atoms. The molecule has 0 aliphatic heterocycles. The summed E-state index contributed by atoms with van der Waals surface area (Å²) < 4.78 is 6.88. The molecule has 0 fully saturated rings. The van der Waals surface area contributed by atoms with E-state index in [9.17, 15) is 0 Å². The minimum absolute atomic E-state index is 0.0536. The van der Waals surface area contributed by atoms with Crippen molar-refractivity contribution in [2.24, 2.45) is 7.05 Å². The molecule has 0 saturated carbocycles. The van der Waals surface area contributed by atoms with E-state index in [1.54, 1.807) is 3.61 Å². The van der Waals surface area contributed by atoms with Crippen molar-refractivity contribution in [2.75, 3.05) is 0 Å². The molecule has 0 aliphatic rings. The predicted molar refractivity (Wildman–Crippen MR) is 150 cm³/mol. The zero-order valence-corrected chi connectivity index (χ0v) is 24.6. The van der Waals surface area contributed by atoms with Gasteiger partial charge in [0.05, 0.1) is 0 Å². The number of hydrogen-bond acceptors (Lipinski definition) is 2. The summed E-state index contributed by atoms with van der Waals surface area (Å²) >= 11 is 1.62. The van der Waals surface area contributed by atoms with Gasteiger partial charge in [-0.25, -0.2) is 0 Å². The summed E-state index contributed by atoms with van der Waals surface area (Å²) in [5.74, 6) is 0. The molecule has 0 saturated heterocycles. The summed E-state index contributed by atoms with van der Waals surface area (Å²) in [5, 5.41) is 4.01. The Morgan fingerprint density at radius 1 is 0.853 bits per heavy atom. The van der Waals surface area contributed by atoms with Crippen LogP contribution in [-0.4, -0.2) is 25.9 Å². The van der Waals surface area contributed by atoms with E-state index in [0.29, 0.717) is 3.46 Å². The van der Waals surface area contributed by atoms with Crippen LogP contribution >= 0.6 is 11.3 Å². The van der Waals surface area contributed by atoms with Crippen molar-refractivity contribution in [3.63, 3.8) is 0 Å². The Hall–Kier alpha value is -1.99. The van der Waals surface area contributed by atoms with E-state index in [2.05, 4.69) is 109 Å². The Labute approximate surface area is 217 Å². The van der Waals surface area contributed by atoms with Gasteiger partial charge >= 0.3 is 218 Å². The van der Waals surface area contributed by atoms with Gasteiger partial charge in [0.15, 0.2) is 0 Å². The van der Waals surface area contributed by atoms with Crippen molar-refractivity contribution >= 4 is 66.9 Å². The first-order valence-corrected chi connectivity index (χ1v) is 15.0. The summed E-state index contributed by atoms with van der Waals surface area (Å²) in [6.45, 7) is 16.4. The van der Waals surface area contributed by atoms with Gasteiger partial charge in [0.2, 0.25) is 0 Å². The first-order chi connectivity index (χ1) is 16.0. The second kappa shape index (κ2) is 8.30. The first-order valence-electron chi connectivity index (χ1n) is 11.9. The van der Waals surface area contributed by atoms with E-state index in [-0.39, 0.29) is 26.3 Å². The molecule has 0 aliphatic carbocycles. The summed E-state index contributed by atoms with van der Waals surface area (Å²) in [5.41, 5.74) is 6.53. The van der Waals surface area contributed by atoms with Crippen LogP contribution in [0.15, 0.2) is 54.9 Å². The number of aromatic nitrogens is 2.